The topological polar surface area (TPSA) is 41.5 Å². The molecule has 0 aliphatic heterocycles. The molecule has 2 unspecified atom stereocenters. The molecule has 1 aliphatic rings. The zero-order valence-electron chi connectivity index (χ0n) is 13.1. The third-order valence-corrected chi connectivity index (χ3v) is 4.25. The fourth-order valence-corrected chi connectivity index (χ4v) is 2.55. The molecule has 0 radical (unpaired) electrons. The summed E-state index contributed by atoms with van der Waals surface area (Å²) in [6.45, 7) is 10.6. The summed E-state index contributed by atoms with van der Waals surface area (Å²) >= 11 is 0. The monoisotopic (exact) mass is 277 g/mol. The molecule has 0 bridgehead atoms. The second-order valence-corrected chi connectivity index (χ2v) is 6.78. The van der Waals surface area contributed by atoms with Gasteiger partial charge < -0.3 is 15.2 Å². The normalized spacial score (nSPS) is 21.6. The second kappa shape index (κ2) is 6.15. The molecule has 1 aromatic carbocycles. The molecule has 0 aromatic heterocycles. The number of aliphatic hydroxyl groups is 1. The summed E-state index contributed by atoms with van der Waals surface area (Å²) < 4.78 is 5.68. The van der Waals surface area contributed by atoms with E-state index in [4.69, 9.17) is 4.74 Å². The summed E-state index contributed by atoms with van der Waals surface area (Å²) in [5.41, 5.74) is 2.84. The average molecular weight is 277 g/mol. The summed E-state index contributed by atoms with van der Waals surface area (Å²) in [5, 5.41) is 13.3. The molecule has 1 fully saturated rings. The van der Waals surface area contributed by atoms with Gasteiger partial charge in [-0.15, -0.1) is 0 Å². The van der Waals surface area contributed by atoms with Gasteiger partial charge in [0, 0.05) is 6.54 Å². The highest BCUT2D eigenvalue weighted by Crippen LogP contribution is 2.50. The summed E-state index contributed by atoms with van der Waals surface area (Å²) in [5.74, 6) is 1.62. The molecule has 3 nitrogen and oxygen atoms in total. The Balaban J connectivity index is 1.66. The van der Waals surface area contributed by atoms with E-state index < -0.39 is 6.10 Å². The molecule has 2 rings (SSSR count). The van der Waals surface area contributed by atoms with E-state index >= 15 is 0 Å². The van der Waals surface area contributed by atoms with Crippen molar-refractivity contribution in [1.29, 1.82) is 0 Å². The van der Waals surface area contributed by atoms with Crippen molar-refractivity contribution in [3.63, 3.8) is 0 Å². The van der Waals surface area contributed by atoms with E-state index in [0.29, 0.717) is 18.6 Å². The summed E-state index contributed by atoms with van der Waals surface area (Å²) in [7, 11) is 0. The van der Waals surface area contributed by atoms with E-state index in [1.165, 1.54) is 12.0 Å². The van der Waals surface area contributed by atoms with Crippen LogP contribution in [0.5, 0.6) is 5.75 Å². The van der Waals surface area contributed by atoms with E-state index in [1.54, 1.807) is 0 Å². The van der Waals surface area contributed by atoms with Gasteiger partial charge in [0.15, 0.2) is 0 Å². The quantitative estimate of drug-likeness (QED) is 0.805. The van der Waals surface area contributed by atoms with Gasteiger partial charge in [0.1, 0.15) is 18.5 Å². The molecule has 3 heteroatoms. The Bertz CT molecular complexity index is 456. The number of ether oxygens (including phenoxy) is 1. The average Bonchev–Trinajstić information content (AvgIpc) is 2.96. The molecule has 1 aromatic rings. The van der Waals surface area contributed by atoms with Gasteiger partial charge in [-0.2, -0.15) is 0 Å². The number of aryl methyl sites for hydroxylation is 2. The summed E-state index contributed by atoms with van der Waals surface area (Å²) in [4.78, 5) is 0. The molecule has 2 N–H and O–H groups in total. The zero-order chi connectivity index (χ0) is 14.8. The lowest BCUT2D eigenvalue weighted by atomic mass is 10.1. The van der Waals surface area contributed by atoms with Crippen molar-refractivity contribution in [3.05, 3.63) is 29.3 Å². The predicted molar refractivity (Wildman–Crippen MR) is 82.2 cm³/mol. The Labute approximate surface area is 122 Å². The van der Waals surface area contributed by atoms with E-state index in [-0.39, 0.29) is 0 Å². The van der Waals surface area contributed by atoms with Gasteiger partial charge in [-0.3, -0.25) is 0 Å². The number of hydrogen-bond donors (Lipinski definition) is 2. The van der Waals surface area contributed by atoms with Gasteiger partial charge in [0.05, 0.1) is 0 Å². The van der Waals surface area contributed by atoms with Gasteiger partial charge in [-0.1, -0.05) is 31.5 Å². The lowest BCUT2D eigenvalue weighted by Gasteiger charge is -2.15. The predicted octanol–water partition coefficient (Wildman–Crippen LogP) is 2.68. The maximum Gasteiger partial charge on any atom is 0.122 e. The number of rotatable bonds is 7. The number of hydrogen-bond acceptors (Lipinski definition) is 3. The van der Waals surface area contributed by atoms with Crippen LogP contribution in [0.4, 0.5) is 0 Å². The van der Waals surface area contributed by atoms with Crippen LogP contribution in [0.15, 0.2) is 18.2 Å². The van der Waals surface area contributed by atoms with E-state index in [2.05, 4.69) is 32.2 Å². The number of aliphatic hydroxyl groups excluding tert-OH is 1. The van der Waals surface area contributed by atoms with Crippen molar-refractivity contribution in [3.8, 4) is 5.75 Å². The second-order valence-electron chi connectivity index (χ2n) is 6.78. The minimum Gasteiger partial charge on any atom is -0.491 e. The SMILES string of the molecule is Cc1ccc(OCC(O)CNCC2CC2(C)C)c(C)c1. The van der Waals surface area contributed by atoms with Crippen LogP contribution in [0.3, 0.4) is 0 Å². The lowest BCUT2D eigenvalue weighted by Crippen LogP contribution is -2.33. The molecular formula is C17H27NO2. The van der Waals surface area contributed by atoms with E-state index in [9.17, 15) is 5.11 Å². The van der Waals surface area contributed by atoms with Gasteiger partial charge in [-0.25, -0.2) is 0 Å². The van der Waals surface area contributed by atoms with Crippen molar-refractivity contribution >= 4 is 0 Å². The highest BCUT2D eigenvalue weighted by atomic mass is 16.5. The van der Waals surface area contributed by atoms with E-state index in [1.807, 2.05) is 19.1 Å². The van der Waals surface area contributed by atoms with Crippen LogP contribution in [-0.4, -0.2) is 30.9 Å². The first-order valence-electron chi connectivity index (χ1n) is 7.47. The van der Waals surface area contributed by atoms with Gasteiger partial charge in [-0.05, 0) is 49.8 Å². The third-order valence-electron chi connectivity index (χ3n) is 4.25. The molecule has 0 amide bonds. The Kier molecular flexibility index (Phi) is 4.71. The third kappa shape index (κ3) is 4.22. The Morgan fingerprint density at radius 3 is 2.70 bits per heavy atom. The minimum absolute atomic E-state index is 0.338. The van der Waals surface area contributed by atoms with Crippen molar-refractivity contribution < 1.29 is 9.84 Å². The van der Waals surface area contributed by atoms with Crippen LogP contribution in [0, 0.1) is 25.2 Å². The molecule has 0 heterocycles. The molecule has 1 aliphatic carbocycles. The van der Waals surface area contributed by atoms with Crippen LogP contribution in [0.2, 0.25) is 0 Å². The molecule has 2 atom stereocenters. The molecule has 0 spiro atoms. The van der Waals surface area contributed by atoms with Crippen molar-refractivity contribution in [2.24, 2.45) is 11.3 Å². The Morgan fingerprint density at radius 2 is 2.10 bits per heavy atom. The molecule has 1 saturated carbocycles. The Hall–Kier alpha value is -1.06. The van der Waals surface area contributed by atoms with Crippen molar-refractivity contribution in [1.82, 2.24) is 5.32 Å². The van der Waals surface area contributed by atoms with Crippen LogP contribution < -0.4 is 10.1 Å². The molecule has 20 heavy (non-hydrogen) atoms. The first-order valence-corrected chi connectivity index (χ1v) is 7.47. The fraction of sp³-hybridized carbons (Fsp3) is 0.647. The van der Waals surface area contributed by atoms with Gasteiger partial charge in [0.25, 0.3) is 0 Å². The number of benzene rings is 1. The highest BCUT2D eigenvalue weighted by Gasteiger charge is 2.44. The maximum absolute atomic E-state index is 9.93. The first-order chi connectivity index (χ1) is 9.38. The number of nitrogens with one attached hydrogen (secondary N) is 1. The van der Waals surface area contributed by atoms with Crippen molar-refractivity contribution in [2.75, 3.05) is 19.7 Å². The minimum atomic E-state index is -0.461. The smallest absolute Gasteiger partial charge is 0.122 e. The van der Waals surface area contributed by atoms with Crippen LogP contribution in [0.25, 0.3) is 0 Å². The Morgan fingerprint density at radius 1 is 1.40 bits per heavy atom. The largest absolute Gasteiger partial charge is 0.491 e. The van der Waals surface area contributed by atoms with Gasteiger partial charge >= 0.3 is 0 Å². The standard InChI is InChI=1S/C17H27NO2/c1-12-5-6-16(13(2)7-12)20-11-15(19)10-18-9-14-8-17(14,3)4/h5-7,14-15,18-19H,8-11H2,1-4H3. The van der Waals surface area contributed by atoms with E-state index in [0.717, 1.165) is 23.8 Å². The van der Waals surface area contributed by atoms with Gasteiger partial charge in [0.2, 0.25) is 0 Å². The maximum atomic E-state index is 9.93. The highest BCUT2D eigenvalue weighted by molar-refractivity contribution is 5.35. The molecule has 112 valence electrons. The van der Waals surface area contributed by atoms with Crippen LogP contribution in [0.1, 0.15) is 31.4 Å². The van der Waals surface area contributed by atoms with Crippen molar-refractivity contribution in [2.45, 2.75) is 40.2 Å². The first kappa shape index (κ1) is 15.3. The molecular weight excluding hydrogens is 250 g/mol. The summed E-state index contributed by atoms with van der Waals surface area (Å²) in [6, 6.07) is 6.09. The van der Waals surface area contributed by atoms with Crippen LogP contribution in [-0.2, 0) is 0 Å². The zero-order valence-corrected chi connectivity index (χ0v) is 13.1. The molecule has 0 saturated heterocycles. The lowest BCUT2D eigenvalue weighted by molar-refractivity contribution is 0.105. The fourth-order valence-electron chi connectivity index (χ4n) is 2.55. The van der Waals surface area contributed by atoms with Crippen LogP contribution >= 0.6 is 0 Å². The summed E-state index contributed by atoms with van der Waals surface area (Å²) in [6.07, 6.45) is 0.826.